The third kappa shape index (κ3) is 2.45. The smallest absolute Gasteiger partial charge is 0.0481 e. The molecule has 16 heavy (non-hydrogen) atoms. The lowest BCUT2D eigenvalue weighted by atomic mass is 10.1. The largest absolute Gasteiger partial charge is 0.380 e. The maximum Gasteiger partial charge on any atom is 0.0481 e. The number of aryl methyl sites for hydroxylation is 3. The van der Waals surface area contributed by atoms with Gasteiger partial charge in [0, 0.05) is 17.6 Å². The molecule has 1 nitrogen and oxygen atoms in total. The third-order valence-corrected chi connectivity index (χ3v) is 3.68. The fourth-order valence-electron chi connectivity index (χ4n) is 1.78. The van der Waals surface area contributed by atoms with Crippen LogP contribution >= 0.6 is 11.3 Å². The van der Waals surface area contributed by atoms with Crippen LogP contribution < -0.4 is 5.32 Å². The van der Waals surface area contributed by atoms with Crippen LogP contribution in [-0.4, -0.2) is 0 Å². The van der Waals surface area contributed by atoms with Crippen molar-refractivity contribution in [2.75, 3.05) is 5.32 Å². The van der Waals surface area contributed by atoms with Crippen molar-refractivity contribution in [1.82, 2.24) is 0 Å². The van der Waals surface area contributed by atoms with Crippen molar-refractivity contribution in [2.24, 2.45) is 0 Å². The zero-order valence-corrected chi connectivity index (χ0v) is 10.8. The summed E-state index contributed by atoms with van der Waals surface area (Å²) in [5.41, 5.74) is 6.64. The van der Waals surface area contributed by atoms with E-state index in [0.717, 1.165) is 6.54 Å². The molecule has 2 aromatic rings. The van der Waals surface area contributed by atoms with E-state index < -0.39 is 0 Å². The molecule has 0 radical (unpaired) electrons. The minimum absolute atomic E-state index is 0.906. The summed E-state index contributed by atoms with van der Waals surface area (Å²) in [5, 5.41) is 7.82. The molecule has 0 amide bonds. The maximum absolute atomic E-state index is 3.48. The molecule has 0 saturated heterocycles. The first-order valence-corrected chi connectivity index (χ1v) is 6.44. The topological polar surface area (TPSA) is 12.0 Å². The molecule has 0 aliphatic carbocycles. The van der Waals surface area contributed by atoms with Gasteiger partial charge in [0.1, 0.15) is 0 Å². The first kappa shape index (κ1) is 11.2. The van der Waals surface area contributed by atoms with Gasteiger partial charge < -0.3 is 5.32 Å². The first-order valence-electron chi connectivity index (χ1n) is 5.49. The van der Waals surface area contributed by atoms with Crippen molar-refractivity contribution in [3.63, 3.8) is 0 Å². The summed E-state index contributed by atoms with van der Waals surface area (Å²) < 4.78 is 0. The standard InChI is InChI=1S/C14H17NS/c1-10-4-5-13(11(2)6-10)7-15-14-9-16-8-12(14)3/h4-6,8-9,15H,7H2,1-3H3. The summed E-state index contributed by atoms with van der Waals surface area (Å²) in [6.07, 6.45) is 0. The lowest BCUT2D eigenvalue weighted by Gasteiger charge is -2.09. The van der Waals surface area contributed by atoms with Crippen LogP contribution in [0.1, 0.15) is 22.3 Å². The molecule has 0 bridgehead atoms. The number of nitrogens with one attached hydrogen (secondary N) is 1. The third-order valence-electron chi connectivity index (χ3n) is 2.82. The summed E-state index contributed by atoms with van der Waals surface area (Å²) in [4.78, 5) is 0. The van der Waals surface area contributed by atoms with E-state index in [0.29, 0.717) is 0 Å². The highest BCUT2D eigenvalue weighted by Gasteiger charge is 2.01. The lowest BCUT2D eigenvalue weighted by Crippen LogP contribution is -2.01. The zero-order valence-electron chi connectivity index (χ0n) is 10.0. The quantitative estimate of drug-likeness (QED) is 0.831. The van der Waals surface area contributed by atoms with E-state index in [1.807, 2.05) is 0 Å². The molecule has 1 aromatic carbocycles. The number of hydrogen-bond donors (Lipinski definition) is 1. The number of hydrogen-bond acceptors (Lipinski definition) is 2. The predicted molar refractivity (Wildman–Crippen MR) is 72.3 cm³/mol. The summed E-state index contributed by atoms with van der Waals surface area (Å²) in [5.74, 6) is 0. The molecule has 1 heterocycles. The van der Waals surface area contributed by atoms with E-state index >= 15 is 0 Å². The van der Waals surface area contributed by atoms with E-state index in [1.165, 1.54) is 27.9 Å². The van der Waals surface area contributed by atoms with Crippen molar-refractivity contribution in [3.05, 3.63) is 51.2 Å². The molecule has 1 N–H and O–H groups in total. The van der Waals surface area contributed by atoms with Crippen molar-refractivity contribution in [3.8, 4) is 0 Å². The van der Waals surface area contributed by atoms with Crippen molar-refractivity contribution < 1.29 is 0 Å². The van der Waals surface area contributed by atoms with Crippen molar-refractivity contribution >= 4 is 17.0 Å². The number of rotatable bonds is 3. The van der Waals surface area contributed by atoms with E-state index in [9.17, 15) is 0 Å². The summed E-state index contributed by atoms with van der Waals surface area (Å²) in [6.45, 7) is 7.35. The first-order chi connectivity index (χ1) is 7.66. The number of benzene rings is 1. The van der Waals surface area contributed by atoms with Gasteiger partial charge in [-0.15, -0.1) is 11.3 Å². The fourth-order valence-corrected chi connectivity index (χ4v) is 2.58. The number of anilines is 1. The molecule has 84 valence electrons. The van der Waals surface area contributed by atoms with Crippen LogP contribution in [0.2, 0.25) is 0 Å². The Morgan fingerprint density at radius 3 is 2.50 bits per heavy atom. The lowest BCUT2D eigenvalue weighted by molar-refractivity contribution is 1.11. The second kappa shape index (κ2) is 4.71. The van der Waals surface area contributed by atoms with Gasteiger partial charge in [-0.05, 0) is 42.8 Å². The van der Waals surface area contributed by atoms with Crippen molar-refractivity contribution in [1.29, 1.82) is 0 Å². The molecule has 0 saturated carbocycles. The zero-order chi connectivity index (χ0) is 11.5. The maximum atomic E-state index is 3.48. The van der Waals surface area contributed by atoms with Gasteiger partial charge in [0.15, 0.2) is 0 Å². The van der Waals surface area contributed by atoms with E-state index in [-0.39, 0.29) is 0 Å². The molecule has 0 atom stereocenters. The van der Waals surface area contributed by atoms with Crippen LogP contribution in [0.15, 0.2) is 29.0 Å². The monoisotopic (exact) mass is 231 g/mol. The molecular weight excluding hydrogens is 214 g/mol. The Hall–Kier alpha value is -1.28. The van der Waals surface area contributed by atoms with Gasteiger partial charge in [0.05, 0.1) is 0 Å². The average molecular weight is 231 g/mol. The van der Waals surface area contributed by atoms with Gasteiger partial charge in [-0.1, -0.05) is 23.8 Å². The van der Waals surface area contributed by atoms with Gasteiger partial charge in [-0.3, -0.25) is 0 Å². The minimum atomic E-state index is 0.906. The second-order valence-corrected chi connectivity index (χ2v) is 5.00. The highest BCUT2D eigenvalue weighted by atomic mass is 32.1. The molecule has 2 rings (SSSR count). The normalized spacial score (nSPS) is 10.4. The Kier molecular flexibility index (Phi) is 3.30. The molecule has 0 aliphatic rings. The van der Waals surface area contributed by atoms with Gasteiger partial charge in [-0.2, -0.15) is 0 Å². The van der Waals surface area contributed by atoms with Gasteiger partial charge in [0.25, 0.3) is 0 Å². The molecule has 2 heteroatoms. The van der Waals surface area contributed by atoms with Crippen LogP contribution in [-0.2, 0) is 6.54 Å². The van der Waals surface area contributed by atoms with Gasteiger partial charge in [-0.25, -0.2) is 0 Å². The van der Waals surface area contributed by atoms with Gasteiger partial charge >= 0.3 is 0 Å². The van der Waals surface area contributed by atoms with Crippen molar-refractivity contribution in [2.45, 2.75) is 27.3 Å². The molecule has 0 fully saturated rings. The van der Waals surface area contributed by atoms with Crippen LogP contribution in [0, 0.1) is 20.8 Å². The summed E-state index contributed by atoms with van der Waals surface area (Å²) >= 11 is 1.75. The Morgan fingerprint density at radius 2 is 1.88 bits per heavy atom. The highest BCUT2D eigenvalue weighted by Crippen LogP contribution is 2.21. The van der Waals surface area contributed by atoms with Crippen LogP contribution in [0.3, 0.4) is 0 Å². The minimum Gasteiger partial charge on any atom is -0.380 e. The molecular formula is C14H17NS. The van der Waals surface area contributed by atoms with E-state index in [4.69, 9.17) is 0 Å². The van der Waals surface area contributed by atoms with Crippen LogP contribution in [0.4, 0.5) is 5.69 Å². The summed E-state index contributed by atoms with van der Waals surface area (Å²) in [6, 6.07) is 6.61. The molecule has 0 spiro atoms. The Labute approximate surface area is 101 Å². The Balaban J connectivity index is 2.08. The molecule has 0 aliphatic heterocycles. The fraction of sp³-hybridized carbons (Fsp3) is 0.286. The second-order valence-electron chi connectivity index (χ2n) is 4.25. The average Bonchev–Trinajstić information content (AvgIpc) is 2.63. The number of thiophene rings is 1. The Morgan fingerprint density at radius 1 is 1.06 bits per heavy atom. The molecule has 1 aromatic heterocycles. The summed E-state index contributed by atoms with van der Waals surface area (Å²) in [7, 11) is 0. The highest BCUT2D eigenvalue weighted by molar-refractivity contribution is 7.08. The van der Waals surface area contributed by atoms with Crippen LogP contribution in [0.25, 0.3) is 0 Å². The van der Waals surface area contributed by atoms with Crippen LogP contribution in [0.5, 0.6) is 0 Å². The predicted octanol–water partition coefficient (Wildman–Crippen LogP) is 4.29. The SMILES string of the molecule is Cc1ccc(CNc2cscc2C)c(C)c1. The van der Waals surface area contributed by atoms with Gasteiger partial charge in [0.2, 0.25) is 0 Å². The van der Waals surface area contributed by atoms with E-state index in [1.54, 1.807) is 11.3 Å². The Bertz CT molecular complexity index is 485. The molecule has 0 unspecified atom stereocenters. The van der Waals surface area contributed by atoms with E-state index in [2.05, 4.69) is 55.0 Å².